The third-order valence-corrected chi connectivity index (χ3v) is 18.3. The number of carbonyl (C=O) groups excluding carboxylic acids is 4. The van der Waals surface area contributed by atoms with E-state index in [4.69, 9.17) is 37.0 Å². The molecule has 17 nitrogen and oxygen atoms in total. The molecule has 0 spiro atoms. The van der Waals surface area contributed by atoms with E-state index in [1.54, 1.807) is 0 Å². The van der Waals surface area contributed by atoms with Gasteiger partial charge in [-0.25, -0.2) is 9.13 Å². The van der Waals surface area contributed by atoms with Gasteiger partial charge >= 0.3 is 39.5 Å². The van der Waals surface area contributed by atoms with Crippen LogP contribution in [0.15, 0.2) is 0 Å². The van der Waals surface area contributed by atoms with E-state index in [9.17, 15) is 43.2 Å². The number of phosphoric ester groups is 2. The first kappa shape index (κ1) is 87.1. The summed E-state index contributed by atoms with van der Waals surface area (Å²) < 4.78 is 68.2. The van der Waals surface area contributed by atoms with Gasteiger partial charge in [0.15, 0.2) is 12.2 Å². The van der Waals surface area contributed by atoms with Gasteiger partial charge in [-0.05, 0) is 49.4 Å². The summed E-state index contributed by atoms with van der Waals surface area (Å²) in [5.41, 5.74) is 0. The van der Waals surface area contributed by atoms with E-state index in [-0.39, 0.29) is 25.7 Å². The molecule has 3 N–H and O–H groups in total. The van der Waals surface area contributed by atoms with E-state index in [1.165, 1.54) is 141 Å². The molecule has 528 valence electrons. The van der Waals surface area contributed by atoms with E-state index < -0.39 is 97.5 Å². The molecule has 0 aliphatic rings. The lowest BCUT2D eigenvalue weighted by Crippen LogP contribution is -2.30. The third-order valence-electron chi connectivity index (χ3n) is 16.4. The Morgan fingerprint density at radius 3 is 0.798 bits per heavy atom. The van der Waals surface area contributed by atoms with Gasteiger partial charge in [-0.2, -0.15) is 0 Å². The average Bonchev–Trinajstić information content (AvgIpc) is 3.65. The number of ether oxygens (including phenoxy) is 4. The zero-order chi connectivity index (χ0) is 66.1. The molecule has 0 radical (unpaired) electrons. The molecule has 0 rings (SSSR count). The highest BCUT2D eigenvalue weighted by Gasteiger charge is 2.30. The highest BCUT2D eigenvalue weighted by molar-refractivity contribution is 7.47. The molecule has 0 saturated carbocycles. The molecular formula is C70H136O17P2. The topological polar surface area (TPSA) is 237 Å². The minimum atomic E-state index is -4.95. The maximum absolute atomic E-state index is 13.0. The molecule has 0 amide bonds. The van der Waals surface area contributed by atoms with Gasteiger partial charge in [-0.1, -0.05) is 293 Å². The summed E-state index contributed by atoms with van der Waals surface area (Å²) in [5, 5.41) is 10.6. The fourth-order valence-corrected chi connectivity index (χ4v) is 12.0. The molecule has 0 aromatic carbocycles. The summed E-state index contributed by atoms with van der Waals surface area (Å²) in [6.07, 6.45) is 41.9. The van der Waals surface area contributed by atoms with Crippen molar-refractivity contribution in [2.75, 3.05) is 39.6 Å². The molecule has 19 heteroatoms. The Morgan fingerprint density at radius 2 is 0.539 bits per heavy atom. The SMILES string of the molecule is CCC(C)CCCCCCCCCCCCCCCCC(=O)O[C@H](COC(=O)CCCCCCCCCCCC(C)C)COP(=O)(O)OCC(O)COP(=O)(O)OC[C@@H](COC(=O)CCCCCCCCCC(C)C)OC(=O)CCCCCCCCC(C)C. The Kier molecular flexibility index (Phi) is 58.5. The monoisotopic (exact) mass is 1310 g/mol. The Bertz CT molecular complexity index is 1770. The number of unbranched alkanes of at least 4 members (excludes halogenated alkanes) is 32. The third kappa shape index (κ3) is 63.2. The van der Waals surface area contributed by atoms with Crippen LogP contribution in [0.5, 0.6) is 0 Å². The highest BCUT2D eigenvalue weighted by atomic mass is 31.2. The smallest absolute Gasteiger partial charge is 0.462 e. The molecule has 4 unspecified atom stereocenters. The van der Waals surface area contributed by atoms with Crippen LogP contribution in [-0.2, 0) is 65.4 Å². The molecule has 0 aromatic heterocycles. The number of aliphatic hydroxyl groups excluding tert-OH is 1. The normalized spacial score (nSPS) is 14.6. The van der Waals surface area contributed by atoms with Crippen LogP contribution in [-0.4, -0.2) is 96.7 Å². The van der Waals surface area contributed by atoms with Crippen molar-refractivity contribution in [3.8, 4) is 0 Å². The summed E-state index contributed by atoms with van der Waals surface area (Å²) in [6, 6.07) is 0. The molecule has 0 saturated heterocycles. The molecule has 0 aromatic rings. The summed E-state index contributed by atoms with van der Waals surface area (Å²) in [4.78, 5) is 72.4. The Morgan fingerprint density at radius 1 is 0.315 bits per heavy atom. The molecular weight excluding hydrogens is 1170 g/mol. The van der Waals surface area contributed by atoms with Crippen molar-refractivity contribution in [2.24, 2.45) is 23.7 Å². The lowest BCUT2D eigenvalue weighted by molar-refractivity contribution is -0.161. The van der Waals surface area contributed by atoms with Gasteiger partial charge in [0, 0.05) is 25.7 Å². The number of esters is 4. The van der Waals surface area contributed by atoms with Gasteiger partial charge in [0.25, 0.3) is 0 Å². The second-order valence-corrected chi connectivity index (χ2v) is 29.8. The summed E-state index contributed by atoms with van der Waals surface area (Å²) in [5.74, 6) is 0.829. The van der Waals surface area contributed by atoms with Crippen molar-refractivity contribution < 1.29 is 80.2 Å². The fraction of sp³-hybridized carbons (Fsp3) is 0.943. The van der Waals surface area contributed by atoms with E-state index in [2.05, 4.69) is 55.4 Å². The van der Waals surface area contributed by atoms with Crippen LogP contribution in [0, 0.1) is 23.7 Å². The standard InChI is InChI=1S/C70H136O17P2/c1-9-63(8)49-41-33-24-18-14-12-10-11-13-15-19-26-36-44-52-69(74)86-65(56-80-67(72)50-42-34-25-20-16-17-22-30-38-46-60(2)3)58-84-88(76,77)82-54-64(71)55-83-89(78,79)85-59-66(87-70(75)53-45-37-29-28-32-40-48-62(6)7)57-81-68(73)51-43-35-27-21-23-31-39-47-61(4)5/h60-66,71H,9-59H2,1-8H3,(H,76,77)(H,78,79)/t63?,64?,65-,66-/m1/s1. The number of rotatable bonds is 67. The number of hydrogen-bond acceptors (Lipinski definition) is 15. The zero-order valence-electron chi connectivity index (χ0n) is 58.1. The first-order valence-electron chi connectivity index (χ1n) is 36.2. The molecule has 0 heterocycles. The predicted octanol–water partition coefficient (Wildman–Crippen LogP) is 19.7. The quantitative estimate of drug-likeness (QED) is 0.0222. The minimum absolute atomic E-state index is 0.101. The maximum Gasteiger partial charge on any atom is 0.472 e. The van der Waals surface area contributed by atoms with Crippen molar-refractivity contribution in [1.82, 2.24) is 0 Å². The van der Waals surface area contributed by atoms with Crippen LogP contribution in [0.1, 0.15) is 344 Å². The van der Waals surface area contributed by atoms with E-state index in [0.29, 0.717) is 37.5 Å². The maximum atomic E-state index is 13.0. The minimum Gasteiger partial charge on any atom is -0.462 e. The van der Waals surface area contributed by atoms with Crippen molar-refractivity contribution in [3.05, 3.63) is 0 Å². The van der Waals surface area contributed by atoms with Crippen LogP contribution in [0.2, 0.25) is 0 Å². The van der Waals surface area contributed by atoms with Crippen LogP contribution >= 0.6 is 15.6 Å². The average molecular weight is 1310 g/mol. The van der Waals surface area contributed by atoms with Crippen LogP contribution in [0.3, 0.4) is 0 Å². The van der Waals surface area contributed by atoms with E-state index in [0.717, 1.165) is 108 Å². The van der Waals surface area contributed by atoms with Gasteiger partial charge in [-0.15, -0.1) is 0 Å². The van der Waals surface area contributed by atoms with Crippen molar-refractivity contribution in [1.29, 1.82) is 0 Å². The molecule has 0 bridgehead atoms. The highest BCUT2D eigenvalue weighted by Crippen LogP contribution is 2.45. The Hall–Kier alpha value is -1.94. The number of hydrogen-bond donors (Lipinski definition) is 3. The molecule has 89 heavy (non-hydrogen) atoms. The summed E-state index contributed by atoms with van der Waals surface area (Å²) in [7, 11) is -9.90. The van der Waals surface area contributed by atoms with Crippen LogP contribution in [0.4, 0.5) is 0 Å². The Balaban J connectivity index is 5.22. The Labute approximate surface area is 543 Å². The molecule has 0 aliphatic carbocycles. The van der Waals surface area contributed by atoms with Crippen molar-refractivity contribution in [2.45, 2.75) is 363 Å². The van der Waals surface area contributed by atoms with Crippen molar-refractivity contribution >= 4 is 39.5 Å². The first-order chi connectivity index (χ1) is 42.6. The van der Waals surface area contributed by atoms with E-state index in [1.807, 2.05) is 0 Å². The van der Waals surface area contributed by atoms with Crippen LogP contribution < -0.4 is 0 Å². The van der Waals surface area contributed by atoms with Gasteiger partial charge in [0.1, 0.15) is 19.3 Å². The van der Waals surface area contributed by atoms with Gasteiger partial charge in [0.05, 0.1) is 26.4 Å². The first-order valence-corrected chi connectivity index (χ1v) is 39.2. The summed E-state index contributed by atoms with van der Waals surface area (Å²) >= 11 is 0. The number of aliphatic hydroxyl groups is 1. The lowest BCUT2D eigenvalue weighted by atomic mass is 9.99. The molecule has 0 fully saturated rings. The summed E-state index contributed by atoms with van der Waals surface area (Å²) in [6.45, 7) is 14.0. The fourth-order valence-electron chi connectivity index (χ4n) is 10.5. The number of carbonyl (C=O) groups is 4. The largest absolute Gasteiger partial charge is 0.472 e. The van der Waals surface area contributed by atoms with Gasteiger partial charge in [-0.3, -0.25) is 37.3 Å². The second-order valence-electron chi connectivity index (χ2n) is 26.9. The zero-order valence-corrected chi connectivity index (χ0v) is 59.8. The molecule has 0 aliphatic heterocycles. The van der Waals surface area contributed by atoms with Crippen LogP contribution in [0.25, 0.3) is 0 Å². The van der Waals surface area contributed by atoms with Crippen molar-refractivity contribution in [3.63, 3.8) is 0 Å². The number of phosphoric acid groups is 2. The van der Waals surface area contributed by atoms with Gasteiger partial charge < -0.3 is 33.8 Å². The van der Waals surface area contributed by atoms with Gasteiger partial charge in [0.2, 0.25) is 0 Å². The lowest BCUT2D eigenvalue weighted by Gasteiger charge is -2.21. The molecule has 6 atom stereocenters. The predicted molar refractivity (Wildman–Crippen MR) is 358 cm³/mol. The second kappa shape index (κ2) is 59.8. The van der Waals surface area contributed by atoms with E-state index >= 15 is 0 Å².